The Balaban J connectivity index is 2.28. The highest BCUT2D eigenvalue weighted by Crippen LogP contribution is 2.38. The summed E-state index contributed by atoms with van der Waals surface area (Å²) in [5.41, 5.74) is -0.245. The first kappa shape index (κ1) is 18.8. The molecule has 11 heteroatoms. The Morgan fingerprint density at radius 1 is 1.46 bits per heavy atom. The summed E-state index contributed by atoms with van der Waals surface area (Å²) < 4.78 is 44.7. The Morgan fingerprint density at radius 2 is 2.08 bits per heavy atom. The van der Waals surface area contributed by atoms with Crippen molar-refractivity contribution in [3.63, 3.8) is 0 Å². The minimum absolute atomic E-state index is 0.00430. The first-order chi connectivity index (χ1) is 11.1. The van der Waals surface area contributed by atoms with Gasteiger partial charge in [0.25, 0.3) is 11.6 Å². The van der Waals surface area contributed by atoms with Crippen molar-refractivity contribution in [3.05, 3.63) is 32.8 Å². The van der Waals surface area contributed by atoms with E-state index >= 15 is 0 Å². The molecule has 6 nitrogen and oxygen atoms in total. The monoisotopic (exact) mass is 430 g/mol. The maximum absolute atomic E-state index is 13.1. The second-order valence-corrected chi connectivity index (χ2v) is 6.32. The topological polar surface area (TPSA) is 72.7 Å². The lowest BCUT2D eigenvalue weighted by Crippen LogP contribution is -2.46. The van der Waals surface area contributed by atoms with Crippen LogP contribution >= 0.6 is 27.5 Å². The van der Waals surface area contributed by atoms with Gasteiger partial charge in [-0.25, -0.2) is 0 Å². The average Bonchev–Trinajstić information content (AvgIpc) is 2.70. The highest BCUT2D eigenvalue weighted by molar-refractivity contribution is 9.10. The molecule has 0 radical (unpaired) electrons. The van der Waals surface area contributed by atoms with Gasteiger partial charge >= 0.3 is 6.18 Å². The molecule has 132 valence electrons. The number of hydrogen-bond donors (Lipinski definition) is 0. The second kappa shape index (κ2) is 6.75. The number of carbonyl (C=O) groups is 1. The fraction of sp³-hybridized carbons (Fsp3) is 0.462. The summed E-state index contributed by atoms with van der Waals surface area (Å²) >= 11 is 8.81. The molecule has 0 bridgehead atoms. The predicted octanol–water partition coefficient (Wildman–Crippen LogP) is 3.51. The molecule has 0 N–H and O–H groups in total. The van der Waals surface area contributed by atoms with Crippen LogP contribution in [0, 0.1) is 10.1 Å². The standard InChI is InChI=1S/C13H11BrClF3N2O4/c1-2-19-11(13(16,17)18)9(15)10(12(19)21)24-6-3-4-8(20(22)23)7(14)5-6/h3-5,9-11H,2H2,1H3. The average molecular weight is 432 g/mol. The Kier molecular flexibility index (Phi) is 5.28. The minimum atomic E-state index is -4.69. The molecule has 1 amide bonds. The van der Waals surface area contributed by atoms with Crippen LogP contribution in [0.2, 0.25) is 0 Å². The third-order valence-corrected chi connectivity index (χ3v) is 4.61. The largest absolute Gasteiger partial charge is 0.479 e. The number of nitro benzene ring substituents is 1. The number of likely N-dealkylation sites (tertiary alicyclic amines) is 1. The van der Waals surface area contributed by atoms with E-state index in [1.165, 1.54) is 19.1 Å². The Morgan fingerprint density at radius 3 is 2.50 bits per heavy atom. The fourth-order valence-electron chi connectivity index (χ4n) is 2.45. The van der Waals surface area contributed by atoms with Gasteiger partial charge < -0.3 is 9.64 Å². The normalized spacial score (nSPS) is 24.3. The predicted molar refractivity (Wildman–Crippen MR) is 82.1 cm³/mol. The lowest BCUT2D eigenvalue weighted by Gasteiger charge is -2.26. The Hall–Kier alpha value is -1.55. The minimum Gasteiger partial charge on any atom is -0.479 e. The molecule has 0 spiro atoms. The van der Waals surface area contributed by atoms with Crippen LogP contribution in [0.15, 0.2) is 22.7 Å². The van der Waals surface area contributed by atoms with E-state index in [1.807, 2.05) is 0 Å². The van der Waals surface area contributed by atoms with Crippen molar-refractivity contribution in [3.8, 4) is 5.75 Å². The number of carbonyl (C=O) groups excluding carboxylic acids is 1. The quantitative estimate of drug-likeness (QED) is 0.415. The molecule has 1 fully saturated rings. The number of nitro groups is 1. The van der Waals surface area contributed by atoms with E-state index in [0.29, 0.717) is 4.90 Å². The van der Waals surface area contributed by atoms with E-state index in [2.05, 4.69) is 15.9 Å². The van der Waals surface area contributed by atoms with Crippen LogP contribution in [0.1, 0.15) is 6.92 Å². The summed E-state index contributed by atoms with van der Waals surface area (Å²) in [5.74, 6) is -0.885. The zero-order valence-electron chi connectivity index (χ0n) is 12.1. The van der Waals surface area contributed by atoms with Crippen LogP contribution in [-0.4, -0.2) is 46.0 Å². The molecule has 3 unspecified atom stereocenters. The van der Waals surface area contributed by atoms with Gasteiger partial charge in [0.2, 0.25) is 0 Å². The molecule has 1 aliphatic heterocycles. The van der Waals surface area contributed by atoms with Gasteiger partial charge in [0.05, 0.1) is 9.40 Å². The van der Waals surface area contributed by atoms with Gasteiger partial charge in [-0.15, -0.1) is 11.6 Å². The second-order valence-electron chi connectivity index (χ2n) is 4.96. The number of hydrogen-bond acceptors (Lipinski definition) is 4. The summed E-state index contributed by atoms with van der Waals surface area (Å²) in [6, 6.07) is 1.35. The number of benzene rings is 1. The highest BCUT2D eigenvalue weighted by Gasteiger charge is 2.59. The van der Waals surface area contributed by atoms with Crippen molar-refractivity contribution in [1.29, 1.82) is 0 Å². The summed E-state index contributed by atoms with van der Waals surface area (Å²) in [6.07, 6.45) is -6.22. The molecule has 0 saturated carbocycles. The molecule has 1 saturated heterocycles. The first-order valence-corrected chi connectivity index (χ1v) is 7.92. The van der Waals surface area contributed by atoms with Crippen molar-refractivity contribution in [2.75, 3.05) is 6.54 Å². The smallest absolute Gasteiger partial charge is 0.410 e. The van der Waals surface area contributed by atoms with Crippen LogP contribution in [0.4, 0.5) is 18.9 Å². The summed E-state index contributed by atoms with van der Waals surface area (Å²) in [5, 5.41) is 9.11. The summed E-state index contributed by atoms with van der Waals surface area (Å²) in [4.78, 5) is 22.9. The molecule has 24 heavy (non-hydrogen) atoms. The summed E-state index contributed by atoms with van der Waals surface area (Å²) in [6.45, 7) is 1.24. The molecule has 1 heterocycles. The first-order valence-electron chi connectivity index (χ1n) is 6.69. The third kappa shape index (κ3) is 3.44. The molecule has 1 aliphatic rings. The maximum Gasteiger partial charge on any atom is 0.410 e. The zero-order valence-corrected chi connectivity index (χ0v) is 14.4. The Bertz CT molecular complexity index is 673. The van der Waals surface area contributed by atoms with Crippen LogP contribution in [-0.2, 0) is 4.79 Å². The number of nitrogens with zero attached hydrogens (tertiary/aromatic N) is 2. The van der Waals surface area contributed by atoms with Crippen LogP contribution in [0.25, 0.3) is 0 Å². The molecule has 1 aromatic carbocycles. The van der Waals surface area contributed by atoms with Crippen molar-refractivity contribution < 1.29 is 27.6 Å². The lowest BCUT2D eigenvalue weighted by molar-refractivity contribution is -0.385. The van der Waals surface area contributed by atoms with Crippen molar-refractivity contribution in [1.82, 2.24) is 4.90 Å². The number of halogens is 5. The molecule has 0 aliphatic carbocycles. The molecule has 0 aromatic heterocycles. The van der Waals surface area contributed by atoms with E-state index < -0.39 is 34.5 Å². The van der Waals surface area contributed by atoms with E-state index in [4.69, 9.17) is 16.3 Å². The van der Waals surface area contributed by atoms with Gasteiger partial charge in [-0.2, -0.15) is 13.2 Å². The van der Waals surface area contributed by atoms with Crippen molar-refractivity contribution >= 4 is 39.1 Å². The summed E-state index contributed by atoms with van der Waals surface area (Å²) in [7, 11) is 0. The maximum atomic E-state index is 13.1. The Labute approximate surface area is 147 Å². The SMILES string of the molecule is CCN1C(=O)C(Oc2ccc([N+](=O)[O-])c(Br)c2)C(Cl)C1C(F)(F)F. The lowest BCUT2D eigenvalue weighted by atomic mass is 10.1. The van der Waals surface area contributed by atoms with Crippen LogP contribution in [0.3, 0.4) is 0 Å². The zero-order chi connectivity index (χ0) is 18.2. The molecule has 2 rings (SSSR count). The fourth-order valence-corrected chi connectivity index (χ4v) is 3.40. The van der Waals surface area contributed by atoms with Gasteiger partial charge in [0.1, 0.15) is 17.2 Å². The van der Waals surface area contributed by atoms with E-state index in [0.717, 1.165) is 6.07 Å². The van der Waals surface area contributed by atoms with E-state index in [-0.39, 0.29) is 22.5 Å². The number of rotatable bonds is 4. The van der Waals surface area contributed by atoms with E-state index in [9.17, 15) is 28.1 Å². The van der Waals surface area contributed by atoms with Gasteiger partial charge in [0, 0.05) is 18.7 Å². The van der Waals surface area contributed by atoms with Gasteiger partial charge in [-0.3, -0.25) is 14.9 Å². The molecule has 3 atom stereocenters. The number of amides is 1. The molecular formula is C13H11BrClF3N2O4. The number of alkyl halides is 4. The van der Waals surface area contributed by atoms with Crippen LogP contribution < -0.4 is 4.74 Å². The molecule has 1 aromatic rings. The van der Waals surface area contributed by atoms with Crippen LogP contribution in [0.5, 0.6) is 5.75 Å². The van der Waals surface area contributed by atoms with E-state index in [1.54, 1.807) is 0 Å². The number of likely N-dealkylation sites (N-methyl/N-ethyl adjacent to an activating group) is 1. The molecular weight excluding hydrogens is 421 g/mol. The number of ether oxygens (including phenoxy) is 1. The van der Waals surface area contributed by atoms with Crippen molar-refractivity contribution in [2.45, 2.75) is 30.6 Å². The van der Waals surface area contributed by atoms with Crippen molar-refractivity contribution in [2.24, 2.45) is 0 Å². The van der Waals surface area contributed by atoms with Gasteiger partial charge in [-0.05, 0) is 28.9 Å². The van der Waals surface area contributed by atoms with Gasteiger partial charge in [-0.1, -0.05) is 0 Å². The third-order valence-electron chi connectivity index (χ3n) is 3.51. The van der Waals surface area contributed by atoms with Gasteiger partial charge in [0.15, 0.2) is 6.10 Å². The highest BCUT2D eigenvalue weighted by atomic mass is 79.9.